The number of fused-ring (bicyclic) bond motifs is 1. The lowest BCUT2D eigenvalue weighted by molar-refractivity contribution is -0.137. The molecule has 4 fully saturated rings. The molecule has 9 nitrogen and oxygen atoms in total. The number of hydrogen-bond donors (Lipinski definition) is 0. The Bertz CT molecular complexity index is 1270. The zero-order valence-corrected chi connectivity index (χ0v) is 21.6. The number of anilines is 1. The van der Waals surface area contributed by atoms with Crippen molar-refractivity contribution in [3.8, 4) is 5.88 Å². The first kappa shape index (κ1) is 25.8. The van der Waals surface area contributed by atoms with Crippen molar-refractivity contribution in [2.24, 2.45) is 0 Å². The first-order valence-electron chi connectivity index (χ1n) is 13.0. The maximum absolute atomic E-state index is 13.8. The molecular formula is C25H30F3N5O4S. The van der Waals surface area contributed by atoms with E-state index in [1.807, 2.05) is 0 Å². The summed E-state index contributed by atoms with van der Waals surface area (Å²) in [7, 11) is -4.19. The zero-order valence-electron chi connectivity index (χ0n) is 20.8. The molecule has 38 heavy (non-hydrogen) atoms. The van der Waals surface area contributed by atoms with Crippen LogP contribution in [0.4, 0.5) is 18.9 Å². The number of hydrogen-bond acceptors (Lipinski definition) is 8. The summed E-state index contributed by atoms with van der Waals surface area (Å²) in [6, 6.07) is 2.89. The molecule has 0 unspecified atom stereocenters. The van der Waals surface area contributed by atoms with Crippen molar-refractivity contribution in [3.63, 3.8) is 0 Å². The van der Waals surface area contributed by atoms with Gasteiger partial charge in [0, 0.05) is 57.6 Å². The highest BCUT2D eigenvalue weighted by atomic mass is 32.2. The number of sulfonamides is 1. The number of halogens is 3. The summed E-state index contributed by atoms with van der Waals surface area (Å²) in [6.07, 6.45) is 1.46. The summed E-state index contributed by atoms with van der Waals surface area (Å²) in [5, 5.41) is 0. The number of rotatable bonds is 6. The van der Waals surface area contributed by atoms with E-state index in [1.54, 1.807) is 17.3 Å². The minimum absolute atomic E-state index is 0.0974. The van der Waals surface area contributed by atoms with Crippen LogP contribution in [0.5, 0.6) is 5.88 Å². The monoisotopic (exact) mass is 553 g/mol. The molecule has 1 aliphatic carbocycles. The average molecular weight is 554 g/mol. The van der Waals surface area contributed by atoms with Crippen LogP contribution in [0.2, 0.25) is 0 Å². The molecule has 0 spiro atoms. The highest BCUT2D eigenvalue weighted by Crippen LogP contribution is 2.39. The second kappa shape index (κ2) is 9.92. The van der Waals surface area contributed by atoms with E-state index in [4.69, 9.17) is 9.47 Å². The molecule has 3 aliphatic heterocycles. The van der Waals surface area contributed by atoms with Gasteiger partial charge in [0.1, 0.15) is 11.0 Å². The minimum Gasteiger partial charge on any atom is -0.472 e. The second-order valence-electron chi connectivity index (χ2n) is 10.3. The largest absolute Gasteiger partial charge is 0.472 e. The summed E-state index contributed by atoms with van der Waals surface area (Å²) in [5.41, 5.74) is 0.285. The maximum atomic E-state index is 13.8. The molecule has 206 valence electrons. The minimum atomic E-state index is -4.65. The van der Waals surface area contributed by atoms with Gasteiger partial charge >= 0.3 is 6.18 Å². The van der Waals surface area contributed by atoms with E-state index < -0.39 is 21.8 Å². The van der Waals surface area contributed by atoms with Crippen LogP contribution in [-0.4, -0.2) is 92.2 Å². The van der Waals surface area contributed by atoms with Gasteiger partial charge < -0.3 is 14.4 Å². The van der Waals surface area contributed by atoms with Crippen LogP contribution in [0.1, 0.15) is 36.4 Å². The van der Waals surface area contributed by atoms with Crippen LogP contribution in [0.25, 0.3) is 0 Å². The van der Waals surface area contributed by atoms with E-state index in [0.717, 1.165) is 30.7 Å². The third-order valence-electron chi connectivity index (χ3n) is 7.73. The van der Waals surface area contributed by atoms with Gasteiger partial charge in [0.15, 0.2) is 0 Å². The van der Waals surface area contributed by atoms with Gasteiger partial charge in [0.2, 0.25) is 15.9 Å². The Morgan fingerprint density at radius 1 is 1.00 bits per heavy atom. The molecule has 2 aromatic rings. The van der Waals surface area contributed by atoms with E-state index >= 15 is 0 Å². The summed E-state index contributed by atoms with van der Waals surface area (Å²) in [6.45, 7) is 3.08. The third kappa shape index (κ3) is 5.21. The van der Waals surface area contributed by atoms with E-state index in [0.29, 0.717) is 57.6 Å². The van der Waals surface area contributed by atoms with Crippen LogP contribution in [-0.2, 0) is 20.9 Å². The number of morpholine rings is 1. The van der Waals surface area contributed by atoms with Crippen molar-refractivity contribution < 1.29 is 31.1 Å². The fourth-order valence-corrected chi connectivity index (χ4v) is 7.23. The molecule has 1 saturated carbocycles. The molecule has 13 heteroatoms. The lowest BCUT2D eigenvalue weighted by Gasteiger charge is -2.37. The first-order chi connectivity index (χ1) is 18.2. The van der Waals surface area contributed by atoms with Crippen LogP contribution >= 0.6 is 0 Å². The maximum Gasteiger partial charge on any atom is 0.416 e. The Labute approximate surface area is 219 Å². The first-order valence-corrected chi connectivity index (χ1v) is 14.4. The van der Waals surface area contributed by atoms with E-state index in [1.165, 1.54) is 10.4 Å². The molecule has 1 aromatic heterocycles. The van der Waals surface area contributed by atoms with Gasteiger partial charge in [0.25, 0.3) is 0 Å². The van der Waals surface area contributed by atoms with E-state index in [-0.39, 0.29) is 35.8 Å². The number of alkyl halides is 3. The van der Waals surface area contributed by atoms with Crippen molar-refractivity contribution in [1.29, 1.82) is 0 Å². The van der Waals surface area contributed by atoms with Crippen LogP contribution in [0.15, 0.2) is 35.5 Å². The molecule has 0 amide bonds. The Morgan fingerprint density at radius 3 is 2.47 bits per heavy atom. The molecule has 6 rings (SSSR count). The van der Waals surface area contributed by atoms with Gasteiger partial charge in [-0.2, -0.15) is 17.5 Å². The molecule has 0 radical (unpaired) electrons. The van der Waals surface area contributed by atoms with Crippen LogP contribution in [0.3, 0.4) is 0 Å². The quantitative estimate of drug-likeness (QED) is 0.540. The summed E-state index contributed by atoms with van der Waals surface area (Å²) in [5.74, 6) is 0.952. The second-order valence-corrected chi connectivity index (χ2v) is 12.2. The lowest BCUT2D eigenvalue weighted by Crippen LogP contribution is -2.52. The Balaban J connectivity index is 1.19. The van der Waals surface area contributed by atoms with Gasteiger partial charge in [-0.15, -0.1) is 0 Å². The van der Waals surface area contributed by atoms with Crippen molar-refractivity contribution in [3.05, 3.63) is 41.9 Å². The topological polar surface area (TPSA) is 88.1 Å². The van der Waals surface area contributed by atoms with E-state index in [2.05, 4.69) is 14.9 Å². The Kier molecular flexibility index (Phi) is 6.73. The fraction of sp³-hybridized carbons (Fsp3) is 0.600. The average Bonchev–Trinajstić information content (AvgIpc) is 3.68. The molecule has 4 heterocycles. The van der Waals surface area contributed by atoms with Crippen molar-refractivity contribution in [2.75, 3.05) is 57.4 Å². The van der Waals surface area contributed by atoms with Crippen molar-refractivity contribution in [2.45, 2.75) is 48.4 Å². The van der Waals surface area contributed by atoms with Crippen LogP contribution in [0, 0.1) is 0 Å². The van der Waals surface area contributed by atoms with Gasteiger partial charge in [-0.1, -0.05) is 0 Å². The molecule has 4 aliphatic rings. The summed E-state index contributed by atoms with van der Waals surface area (Å²) < 4.78 is 81.0. The highest BCUT2D eigenvalue weighted by molar-refractivity contribution is 7.89. The number of nitrogens with zero attached hydrogens (tertiary/aromatic N) is 5. The standard InChI is InChI=1S/C25H30F3N5O4S/c26-25(27,28)18-3-4-22(31-7-9-36-10-8-31)23(11-18)38(34,35)33-6-5-32-16-20(12-19(32)15-33)37-24-14-29-21(13-30-24)17-1-2-17/h3-4,11,13-14,17,19-20H,1-2,5-10,12,15-16H2/t19-,20+/m0/s1. The number of aromatic nitrogens is 2. The molecule has 0 N–H and O–H groups in total. The smallest absolute Gasteiger partial charge is 0.416 e. The normalized spacial score (nSPS) is 25.4. The van der Waals surface area contributed by atoms with Crippen molar-refractivity contribution in [1.82, 2.24) is 19.2 Å². The van der Waals surface area contributed by atoms with Gasteiger partial charge in [-0.3, -0.25) is 9.88 Å². The fourth-order valence-electron chi connectivity index (χ4n) is 5.52. The van der Waals surface area contributed by atoms with Gasteiger partial charge in [0.05, 0.1) is 42.6 Å². The Morgan fingerprint density at radius 2 is 1.79 bits per heavy atom. The number of piperazine rings is 1. The van der Waals surface area contributed by atoms with Crippen molar-refractivity contribution >= 4 is 15.7 Å². The molecule has 3 saturated heterocycles. The SMILES string of the molecule is O=S(=O)(c1cc(C(F)(F)F)ccc1N1CCOCC1)N1CCN2C[C@H](Oc3cnc(C4CC4)cn3)C[C@H]2C1. The predicted molar refractivity (Wildman–Crippen MR) is 132 cm³/mol. The van der Waals surface area contributed by atoms with Crippen LogP contribution < -0.4 is 9.64 Å². The number of benzene rings is 1. The Hall–Kier alpha value is -2.48. The summed E-state index contributed by atoms with van der Waals surface area (Å²) in [4.78, 5) is 12.5. The predicted octanol–water partition coefficient (Wildman–Crippen LogP) is 2.74. The molecular weight excluding hydrogens is 523 g/mol. The number of ether oxygens (including phenoxy) is 2. The summed E-state index contributed by atoms with van der Waals surface area (Å²) >= 11 is 0. The zero-order chi connectivity index (χ0) is 26.5. The molecule has 1 aromatic carbocycles. The highest BCUT2D eigenvalue weighted by Gasteiger charge is 2.42. The van der Waals surface area contributed by atoms with E-state index in [9.17, 15) is 21.6 Å². The lowest BCUT2D eigenvalue weighted by atomic mass is 10.1. The van der Waals surface area contributed by atoms with Gasteiger partial charge in [-0.05, 0) is 31.0 Å². The third-order valence-corrected chi connectivity index (χ3v) is 9.62. The molecule has 0 bridgehead atoms. The van der Waals surface area contributed by atoms with Gasteiger partial charge in [-0.25, -0.2) is 13.4 Å². The molecule has 2 atom stereocenters.